The fraction of sp³-hybridized carbons (Fsp3) is 0.136. The third kappa shape index (κ3) is 4.60. The average Bonchev–Trinajstić information content (AvgIpc) is 3.08. The molecule has 0 radical (unpaired) electrons. The van der Waals surface area contributed by atoms with Gasteiger partial charge in [0.25, 0.3) is 0 Å². The van der Waals surface area contributed by atoms with E-state index in [1.165, 1.54) is 11.8 Å². The number of carbonyl (C=O) groups is 1. The molecule has 0 spiro atoms. The standard InChI is InChI=1S/C22H19ClN4OS/c1-27-20(13-15-9-11-17(23)12-10-15)25-26-22(27)29-14-21(28)24-19-8-4-6-16-5-2-3-7-18(16)19/h2-12H,13-14H2,1H3,(H,24,28). The maximum atomic E-state index is 12.5. The van der Waals surface area contributed by atoms with Gasteiger partial charge in [-0.05, 0) is 29.1 Å². The van der Waals surface area contributed by atoms with Crippen molar-refractivity contribution in [1.29, 1.82) is 0 Å². The summed E-state index contributed by atoms with van der Waals surface area (Å²) in [6.07, 6.45) is 0.656. The fourth-order valence-corrected chi connectivity index (χ4v) is 3.92. The summed E-state index contributed by atoms with van der Waals surface area (Å²) >= 11 is 7.31. The van der Waals surface area contributed by atoms with Gasteiger partial charge < -0.3 is 9.88 Å². The summed E-state index contributed by atoms with van der Waals surface area (Å²) in [5, 5.41) is 15.0. The number of anilines is 1. The second-order valence-corrected chi connectivity index (χ2v) is 8.00. The number of nitrogens with one attached hydrogen (secondary N) is 1. The summed E-state index contributed by atoms with van der Waals surface area (Å²) < 4.78 is 1.92. The molecule has 146 valence electrons. The highest BCUT2D eigenvalue weighted by Crippen LogP contribution is 2.24. The average molecular weight is 423 g/mol. The zero-order chi connectivity index (χ0) is 20.2. The molecular formula is C22H19ClN4OS. The molecule has 3 aromatic carbocycles. The molecule has 0 bridgehead atoms. The van der Waals surface area contributed by atoms with E-state index in [0.717, 1.165) is 27.8 Å². The van der Waals surface area contributed by atoms with Crippen molar-refractivity contribution < 1.29 is 4.79 Å². The maximum Gasteiger partial charge on any atom is 0.234 e. The first-order valence-corrected chi connectivity index (χ1v) is 10.5. The van der Waals surface area contributed by atoms with E-state index in [1.807, 2.05) is 78.3 Å². The number of fused-ring (bicyclic) bond motifs is 1. The van der Waals surface area contributed by atoms with E-state index >= 15 is 0 Å². The number of thioether (sulfide) groups is 1. The van der Waals surface area contributed by atoms with Gasteiger partial charge in [0.15, 0.2) is 5.16 Å². The Bertz CT molecular complexity index is 1150. The van der Waals surface area contributed by atoms with Crippen LogP contribution in [0, 0.1) is 0 Å². The minimum absolute atomic E-state index is 0.0754. The first kappa shape index (κ1) is 19.5. The van der Waals surface area contributed by atoms with Crippen molar-refractivity contribution in [3.05, 3.63) is 83.1 Å². The Hall–Kier alpha value is -2.83. The van der Waals surface area contributed by atoms with Crippen LogP contribution < -0.4 is 5.32 Å². The number of hydrogen-bond acceptors (Lipinski definition) is 4. The molecule has 5 nitrogen and oxygen atoms in total. The molecule has 1 heterocycles. The highest BCUT2D eigenvalue weighted by molar-refractivity contribution is 7.99. The summed E-state index contributed by atoms with van der Waals surface area (Å²) in [5.41, 5.74) is 1.92. The summed E-state index contributed by atoms with van der Waals surface area (Å²) in [6, 6.07) is 21.5. The second-order valence-electron chi connectivity index (χ2n) is 6.62. The van der Waals surface area contributed by atoms with Crippen LogP contribution in [0.2, 0.25) is 5.02 Å². The Morgan fingerprint density at radius 1 is 1.03 bits per heavy atom. The summed E-state index contributed by atoms with van der Waals surface area (Å²) in [7, 11) is 1.91. The molecule has 0 aliphatic heterocycles. The van der Waals surface area contributed by atoms with Crippen LogP contribution in [-0.4, -0.2) is 26.4 Å². The molecule has 0 atom stereocenters. The minimum atomic E-state index is -0.0754. The van der Waals surface area contributed by atoms with Crippen molar-refractivity contribution in [2.45, 2.75) is 11.6 Å². The van der Waals surface area contributed by atoms with Crippen molar-refractivity contribution in [2.75, 3.05) is 11.1 Å². The number of amides is 1. The van der Waals surface area contributed by atoms with Gasteiger partial charge in [-0.2, -0.15) is 0 Å². The quantitative estimate of drug-likeness (QED) is 0.447. The van der Waals surface area contributed by atoms with Crippen LogP contribution in [0.3, 0.4) is 0 Å². The van der Waals surface area contributed by atoms with Crippen LogP contribution in [0.5, 0.6) is 0 Å². The molecule has 0 aliphatic carbocycles. The molecule has 29 heavy (non-hydrogen) atoms. The zero-order valence-corrected chi connectivity index (χ0v) is 17.4. The first-order chi connectivity index (χ1) is 14.1. The van der Waals surface area contributed by atoms with E-state index in [-0.39, 0.29) is 11.7 Å². The summed E-state index contributed by atoms with van der Waals surface area (Å²) in [4.78, 5) is 12.5. The lowest BCUT2D eigenvalue weighted by molar-refractivity contribution is -0.113. The second kappa shape index (κ2) is 8.68. The van der Waals surface area contributed by atoms with Gasteiger partial charge in [0.2, 0.25) is 5.91 Å². The van der Waals surface area contributed by atoms with E-state index < -0.39 is 0 Å². The Morgan fingerprint density at radius 2 is 1.79 bits per heavy atom. The number of hydrogen-bond donors (Lipinski definition) is 1. The van der Waals surface area contributed by atoms with Crippen LogP contribution in [0.15, 0.2) is 71.9 Å². The van der Waals surface area contributed by atoms with E-state index in [2.05, 4.69) is 15.5 Å². The number of halogens is 1. The van der Waals surface area contributed by atoms with Crippen LogP contribution in [-0.2, 0) is 18.3 Å². The van der Waals surface area contributed by atoms with Gasteiger partial charge in [0.05, 0.1) is 5.75 Å². The lowest BCUT2D eigenvalue weighted by atomic mass is 10.1. The van der Waals surface area contributed by atoms with E-state index in [1.54, 1.807) is 0 Å². The Balaban J connectivity index is 1.39. The van der Waals surface area contributed by atoms with E-state index in [0.29, 0.717) is 16.6 Å². The fourth-order valence-electron chi connectivity index (χ4n) is 3.06. The predicted molar refractivity (Wildman–Crippen MR) is 119 cm³/mol. The van der Waals surface area contributed by atoms with Crippen LogP contribution in [0.1, 0.15) is 11.4 Å². The number of rotatable bonds is 6. The Morgan fingerprint density at radius 3 is 2.62 bits per heavy atom. The molecule has 0 saturated heterocycles. The van der Waals surface area contributed by atoms with Gasteiger partial charge in [-0.1, -0.05) is 71.9 Å². The highest BCUT2D eigenvalue weighted by atomic mass is 35.5. The number of carbonyl (C=O) groups excluding carboxylic acids is 1. The van der Waals surface area contributed by atoms with Crippen molar-refractivity contribution >= 4 is 45.7 Å². The third-order valence-corrected chi connectivity index (χ3v) is 5.87. The normalized spacial score (nSPS) is 11.0. The molecule has 0 fully saturated rings. The van der Waals surface area contributed by atoms with Crippen LogP contribution in [0.25, 0.3) is 10.8 Å². The predicted octanol–water partition coefficient (Wildman–Crippen LogP) is 4.94. The summed E-state index contributed by atoms with van der Waals surface area (Å²) in [5.74, 6) is 1.02. The molecule has 0 saturated carbocycles. The molecule has 1 amide bonds. The van der Waals surface area contributed by atoms with Gasteiger partial charge in [-0.25, -0.2) is 0 Å². The lowest BCUT2D eigenvalue weighted by Crippen LogP contribution is -2.14. The first-order valence-electron chi connectivity index (χ1n) is 9.13. The smallest absolute Gasteiger partial charge is 0.234 e. The van der Waals surface area contributed by atoms with Gasteiger partial charge >= 0.3 is 0 Å². The van der Waals surface area contributed by atoms with Crippen molar-refractivity contribution in [2.24, 2.45) is 7.05 Å². The monoisotopic (exact) mass is 422 g/mol. The SMILES string of the molecule is Cn1c(Cc2ccc(Cl)cc2)nnc1SCC(=O)Nc1cccc2ccccc12. The van der Waals surface area contributed by atoms with Gasteiger partial charge in [0, 0.05) is 29.6 Å². The lowest BCUT2D eigenvalue weighted by Gasteiger charge is -2.08. The topological polar surface area (TPSA) is 59.8 Å². The number of aromatic nitrogens is 3. The third-order valence-electron chi connectivity index (χ3n) is 4.60. The molecule has 1 N–H and O–H groups in total. The largest absolute Gasteiger partial charge is 0.325 e. The molecule has 0 aliphatic rings. The van der Waals surface area contributed by atoms with Crippen molar-refractivity contribution in [3.63, 3.8) is 0 Å². The number of nitrogens with zero attached hydrogens (tertiary/aromatic N) is 3. The minimum Gasteiger partial charge on any atom is -0.325 e. The van der Waals surface area contributed by atoms with Gasteiger partial charge in [-0.15, -0.1) is 10.2 Å². The molecule has 1 aromatic heterocycles. The Labute approximate surface area is 178 Å². The number of benzene rings is 3. The molecule has 7 heteroatoms. The summed E-state index contributed by atoms with van der Waals surface area (Å²) in [6.45, 7) is 0. The molecule has 4 aromatic rings. The van der Waals surface area contributed by atoms with Crippen LogP contribution in [0.4, 0.5) is 5.69 Å². The van der Waals surface area contributed by atoms with Gasteiger partial charge in [-0.3, -0.25) is 4.79 Å². The van der Waals surface area contributed by atoms with Gasteiger partial charge in [0.1, 0.15) is 5.82 Å². The van der Waals surface area contributed by atoms with E-state index in [9.17, 15) is 4.79 Å². The zero-order valence-electron chi connectivity index (χ0n) is 15.8. The maximum absolute atomic E-state index is 12.5. The van der Waals surface area contributed by atoms with Crippen molar-refractivity contribution in [1.82, 2.24) is 14.8 Å². The van der Waals surface area contributed by atoms with E-state index in [4.69, 9.17) is 11.6 Å². The van der Waals surface area contributed by atoms with Crippen molar-refractivity contribution in [3.8, 4) is 0 Å². The highest BCUT2D eigenvalue weighted by Gasteiger charge is 2.13. The van der Waals surface area contributed by atoms with Crippen LogP contribution >= 0.6 is 23.4 Å². The Kier molecular flexibility index (Phi) is 5.83. The molecule has 4 rings (SSSR count). The molecule has 0 unspecified atom stereocenters. The molecular weight excluding hydrogens is 404 g/mol.